The van der Waals surface area contributed by atoms with Gasteiger partial charge in [-0.3, -0.25) is 4.98 Å². The van der Waals surface area contributed by atoms with Gasteiger partial charge in [-0.15, -0.1) is 0 Å². The van der Waals surface area contributed by atoms with E-state index >= 15 is 0 Å². The summed E-state index contributed by atoms with van der Waals surface area (Å²) in [7, 11) is 0. The number of aromatic nitrogens is 3. The number of benzene rings is 5. The van der Waals surface area contributed by atoms with Gasteiger partial charge in [0.05, 0.1) is 40.5 Å². The van der Waals surface area contributed by atoms with Crippen LogP contribution < -0.4 is 0 Å². The molecule has 0 radical (unpaired) electrons. The Morgan fingerprint density at radius 3 is 1.39 bits per heavy atom. The topological polar surface area (TPSA) is 27.1 Å². The first kappa shape index (κ1) is 26.0. The summed E-state index contributed by atoms with van der Waals surface area (Å²) in [5.41, 5.74) is 14.1. The van der Waals surface area contributed by atoms with Gasteiger partial charge in [0.15, 0.2) is 5.69 Å². The molecule has 210 valence electrons. The molecule has 0 atom stereocenters. The third-order valence-electron chi connectivity index (χ3n) is 8.84. The second-order valence-electron chi connectivity index (χ2n) is 12.0. The van der Waals surface area contributed by atoms with Crippen LogP contribution in [0.3, 0.4) is 0 Å². The van der Waals surface area contributed by atoms with Crippen molar-refractivity contribution in [3.8, 4) is 22.5 Å². The molecule has 0 saturated heterocycles. The lowest BCUT2D eigenvalue weighted by Crippen LogP contribution is -2.02. The van der Waals surface area contributed by atoms with Gasteiger partial charge in [0.2, 0.25) is 0 Å². The Balaban J connectivity index is 1.51. The molecule has 5 aromatic carbocycles. The molecule has 0 fully saturated rings. The SMILES string of the molecule is [C-]#[N+]c1ccc(-c2ccncc2-n2c3cc(C)ccc3c3ccc(C)cc32)c(-n2c3cc(C)ccc3c3ccc(C)cc32)c1. The third-order valence-corrected chi connectivity index (χ3v) is 8.84. The lowest BCUT2D eigenvalue weighted by atomic mass is 10.0. The van der Waals surface area contributed by atoms with E-state index in [1.165, 1.54) is 43.8 Å². The molecular formula is C40H30N4. The van der Waals surface area contributed by atoms with Gasteiger partial charge in [-0.05, 0) is 86.3 Å². The molecule has 0 unspecified atom stereocenters. The van der Waals surface area contributed by atoms with Gasteiger partial charge in [-0.2, -0.15) is 0 Å². The molecule has 4 heteroatoms. The van der Waals surface area contributed by atoms with Crippen LogP contribution in [0.5, 0.6) is 0 Å². The molecule has 0 N–H and O–H groups in total. The maximum atomic E-state index is 7.91. The number of rotatable bonds is 3. The van der Waals surface area contributed by atoms with Gasteiger partial charge >= 0.3 is 0 Å². The van der Waals surface area contributed by atoms with Crippen LogP contribution in [-0.4, -0.2) is 14.1 Å². The van der Waals surface area contributed by atoms with Gasteiger partial charge in [0.1, 0.15) is 0 Å². The molecule has 4 nitrogen and oxygen atoms in total. The van der Waals surface area contributed by atoms with Crippen molar-refractivity contribution in [2.45, 2.75) is 27.7 Å². The van der Waals surface area contributed by atoms with Gasteiger partial charge in [0.25, 0.3) is 0 Å². The number of hydrogen-bond donors (Lipinski definition) is 0. The Morgan fingerprint density at radius 2 is 0.932 bits per heavy atom. The van der Waals surface area contributed by atoms with E-state index in [1.54, 1.807) is 0 Å². The fourth-order valence-corrected chi connectivity index (χ4v) is 6.79. The first-order valence-electron chi connectivity index (χ1n) is 14.9. The molecule has 0 amide bonds. The van der Waals surface area contributed by atoms with Crippen molar-refractivity contribution in [1.82, 2.24) is 14.1 Å². The van der Waals surface area contributed by atoms with Gasteiger partial charge < -0.3 is 9.13 Å². The fourth-order valence-electron chi connectivity index (χ4n) is 6.79. The highest BCUT2D eigenvalue weighted by atomic mass is 15.0. The minimum absolute atomic E-state index is 0.609. The van der Waals surface area contributed by atoms with Crippen molar-refractivity contribution in [2.24, 2.45) is 0 Å². The maximum absolute atomic E-state index is 7.91. The molecule has 0 aliphatic carbocycles. The Morgan fingerprint density at radius 1 is 0.500 bits per heavy atom. The van der Waals surface area contributed by atoms with Crippen LogP contribution in [0.15, 0.2) is 109 Å². The summed E-state index contributed by atoms with van der Waals surface area (Å²) in [5, 5.41) is 4.84. The largest absolute Gasteiger partial charge is 0.310 e. The minimum atomic E-state index is 0.609. The average molecular weight is 567 g/mol. The van der Waals surface area contributed by atoms with Crippen LogP contribution in [0.4, 0.5) is 5.69 Å². The summed E-state index contributed by atoms with van der Waals surface area (Å²) in [6.45, 7) is 16.5. The first-order valence-corrected chi connectivity index (χ1v) is 14.9. The van der Waals surface area contributed by atoms with Crippen LogP contribution >= 0.6 is 0 Å². The number of nitrogens with zero attached hydrogens (tertiary/aromatic N) is 4. The smallest absolute Gasteiger partial charge is 0.189 e. The second kappa shape index (κ2) is 9.69. The zero-order chi connectivity index (χ0) is 30.1. The highest BCUT2D eigenvalue weighted by Crippen LogP contribution is 2.42. The van der Waals surface area contributed by atoms with Crippen molar-refractivity contribution in [3.05, 3.63) is 143 Å². The number of pyridine rings is 1. The maximum Gasteiger partial charge on any atom is 0.189 e. The van der Waals surface area contributed by atoms with Crippen molar-refractivity contribution in [1.29, 1.82) is 0 Å². The van der Waals surface area contributed by atoms with Crippen LogP contribution in [0.1, 0.15) is 22.3 Å². The van der Waals surface area contributed by atoms with Crippen molar-refractivity contribution >= 4 is 49.3 Å². The molecule has 0 spiro atoms. The number of fused-ring (bicyclic) bond motifs is 6. The van der Waals surface area contributed by atoms with Crippen LogP contribution in [-0.2, 0) is 0 Å². The zero-order valence-electron chi connectivity index (χ0n) is 25.2. The predicted molar refractivity (Wildman–Crippen MR) is 184 cm³/mol. The molecule has 0 saturated carbocycles. The summed E-state index contributed by atoms with van der Waals surface area (Å²) < 4.78 is 4.71. The van der Waals surface area contributed by atoms with E-state index in [4.69, 9.17) is 6.57 Å². The van der Waals surface area contributed by atoms with Gasteiger partial charge in [0, 0.05) is 44.6 Å². The van der Waals surface area contributed by atoms with E-state index in [1.807, 2.05) is 24.5 Å². The van der Waals surface area contributed by atoms with Crippen LogP contribution in [0.25, 0.3) is 71.0 Å². The average Bonchev–Trinajstić information content (AvgIpc) is 3.51. The van der Waals surface area contributed by atoms with E-state index < -0.39 is 0 Å². The highest BCUT2D eigenvalue weighted by molar-refractivity contribution is 6.12. The molecule has 8 aromatic rings. The molecule has 44 heavy (non-hydrogen) atoms. The Kier molecular flexibility index (Phi) is 5.73. The lowest BCUT2D eigenvalue weighted by molar-refractivity contribution is 1.13. The summed E-state index contributed by atoms with van der Waals surface area (Å²) in [6, 6.07) is 34.8. The van der Waals surface area contributed by atoms with Gasteiger partial charge in [-0.25, -0.2) is 4.85 Å². The highest BCUT2D eigenvalue weighted by Gasteiger charge is 2.21. The molecule has 3 aromatic heterocycles. The summed E-state index contributed by atoms with van der Waals surface area (Å²) in [5.74, 6) is 0. The molecular weight excluding hydrogens is 536 g/mol. The standard InChI is InChI=1S/C40H30N4/c1-24-6-11-29-30-12-7-25(2)19-36(30)43(35(29)18-24)39-22-28(41-5)10-15-33(39)34-16-17-42-23-40(34)44-37-20-26(3)8-13-31(37)32-14-9-27(4)21-38(32)44/h6-23H,1-4H3. The number of aryl methyl sites for hydroxylation is 4. The molecule has 0 aliphatic rings. The summed E-state index contributed by atoms with van der Waals surface area (Å²) in [6.07, 6.45) is 3.85. The number of hydrogen-bond acceptors (Lipinski definition) is 1. The zero-order valence-corrected chi connectivity index (χ0v) is 25.2. The monoisotopic (exact) mass is 566 g/mol. The molecule has 0 bridgehead atoms. The second-order valence-corrected chi connectivity index (χ2v) is 12.0. The van der Waals surface area contributed by atoms with E-state index in [0.717, 1.165) is 44.6 Å². The lowest BCUT2D eigenvalue weighted by Gasteiger charge is -2.19. The quantitative estimate of drug-likeness (QED) is 0.195. The van der Waals surface area contributed by atoms with Crippen LogP contribution in [0.2, 0.25) is 0 Å². The Bertz CT molecular complexity index is 2380. The van der Waals surface area contributed by atoms with E-state index in [0.29, 0.717) is 5.69 Å². The van der Waals surface area contributed by atoms with E-state index in [2.05, 4.69) is 132 Å². The fraction of sp³-hybridized carbons (Fsp3) is 0.100. The summed E-state index contributed by atoms with van der Waals surface area (Å²) >= 11 is 0. The van der Waals surface area contributed by atoms with Crippen molar-refractivity contribution in [2.75, 3.05) is 0 Å². The predicted octanol–water partition coefficient (Wildman–Crippen LogP) is 10.7. The Hall–Kier alpha value is -5.66. The van der Waals surface area contributed by atoms with Crippen molar-refractivity contribution in [3.63, 3.8) is 0 Å². The van der Waals surface area contributed by atoms with E-state index in [-0.39, 0.29) is 0 Å². The molecule has 3 heterocycles. The van der Waals surface area contributed by atoms with Crippen molar-refractivity contribution < 1.29 is 0 Å². The third kappa shape index (κ3) is 3.87. The summed E-state index contributed by atoms with van der Waals surface area (Å²) in [4.78, 5) is 8.52. The van der Waals surface area contributed by atoms with E-state index in [9.17, 15) is 0 Å². The molecule has 0 aliphatic heterocycles. The van der Waals surface area contributed by atoms with Gasteiger partial charge in [-0.1, -0.05) is 60.7 Å². The Labute approximate surface area is 256 Å². The molecule has 8 rings (SSSR count). The minimum Gasteiger partial charge on any atom is -0.310 e. The normalized spacial score (nSPS) is 11.6. The van der Waals surface area contributed by atoms with Crippen LogP contribution in [0, 0.1) is 34.3 Å². The first-order chi connectivity index (χ1) is 21.4.